The molecular weight excluding hydrogens is 502 g/mol. The number of furan rings is 1. The first-order valence-corrected chi connectivity index (χ1v) is 11.9. The molecule has 0 aliphatic rings. The summed E-state index contributed by atoms with van der Waals surface area (Å²) >= 11 is 0. The van der Waals surface area contributed by atoms with E-state index in [0.717, 1.165) is 5.56 Å². The van der Waals surface area contributed by atoms with Crippen LogP contribution in [-0.4, -0.2) is 55.4 Å². The average Bonchev–Trinajstić information content (AvgIpc) is 3.54. The molecular formula is C29H25N3O7. The molecule has 3 aromatic carbocycles. The van der Waals surface area contributed by atoms with Gasteiger partial charge in [-0.1, -0.05) is 48.5 Å². The first kappa shape index (κ1) is 25.4. The van der Waals surface area contributed by atoms with Gasteiger partial charge >= 0.3 is 0 Å². The van der Waals surface area contributed by atoms with Crippen molar-refractivity contribution >= 4 is 23.1 Å². The molecule has 5 aromatic rings. The number of carbonyl (C=O) groups is 1. The summed E-state index contributed by atoms with van der Waals surface area (Å²) in [5.41, 5.74) is 3.59. The first-order chi connectivity index (χ1) is 19.0. The molecule has 0 radical (unpaired) electrons. The summed E-state index contributed by atoms with van der Waals surface area (Å²) in [6.07, 6.45) is 1.26. The minimum Gasteiger partial charge on any atom is -0.493 e. The second kappa shape index (κ2) is 11.0. The van der Waals surface area contributed by atoms with Gasteiger partial charge in [-0.25, -0.2) is 4.99 Å². The van der Waals surface area contributed by atoms with Crippen molar-refractivity contribution in [2.45, 2.75) is 0 Å². The van der Waals surface area contributed by atoms with E-state index in [1.165, 1.54) is 13.3 Å². The highest BCUT2D eigenvalue weighted by Gasteiger charge is 2.22. The van der Waals surface area contributed by atoms with Crippen molar-refractivity contribution in [3.63, 3.8) is 0 Å². The number of ether oxygens (including phenoxy) is 4. The molecule has 2 heterocycles. The molecule has 5 rings (SSSR count). The number of carbonyl (C=O) groups excluding carboxylic acids is 1. The number of hydrogen-bond acceptors (Lipinski definition) is 8. The fourth-order valence-electron chi connectivity index (χ4n) is 4.22. The number of nitrogens with one attached hydrogen (secondary N) is 1. The molecule has 0 atom stereocenters. The quantitative estimate of drug-likeness (QED) is 0.249. The molecule has 2 N–H and O–H groups in total. The predicted octanol–water partition coefficient (Wildman–Crippen LogP) is 5.25. The van der Waals surface area contributed by atoms with Crippen molar-refractivity contribution in [2.24, 2.45) is 4.99 Å². The van der Waals surface area contributed by atoms with Gasteiger partial charge in [0.1, 0.15) is 5.58 Å². The number of fused-ring (bicyclic) bond motifs is 1. The topological polar surface area (TPSA) is 128 Å². The van der Waals surface area contributed by atoms with Crippen molar-refractivity contribution in [1.29, 1.82) is 0 Å². The zero-order valence-corrected chi connectivity index (χ0v) is 21.4. The van der Waals surface area contributed by atoms with Gasteiger partial charge in [0.25, 0.3) is 11.9 Å². The Balaban J connectivity index is 1.45. The van der Waals surface area contributed by atoms with Gasteiger partial charge in [0, 0.05) is 17.2 Å². The third-order valence-corrected chi connectivity index (χ3v) is 6.03. The van der Waals surface area contributed by atoms with E-state index in [9.17, 15) is 9.90 Å². The zero-order valence-electron chi connectivity index (χ0n) is 21.4. The standard InChI is InChI=1S/C29H25N3O7/c1-35-22-13-18(14-23(36-2)27(22)37-3)26-25(17-9-5-4-6-10-17)28(32-31-26)38-16-24(33)30-15-20-19-11-7-8-12-21(19)39-29(20)34/h4-15,34H,16H2,1-3H3,(H,31,32). The molecule has 0 fully saturated rings. The molecule has 2 aromatic heterocycles. The van der Waals surface area contributed by atoms with Gasteiger partial charge in [-0.15, -0.1) is 5.10 Å². The lowest BCUT2D eigenvalue weighted by Gasteiger charge is -2.14. The van der Waals surface area contributed by atoms with Crippen LogP contribution < -0.4 is 18.9 Å². The summed E-state index contributed by atoms with van der Waals surface area (Å²) in [5, 5.41) is 18.1. The third kappa shape index (κ3) is 4.99. The van der Waals surface area contributed by atoms with Crippen LogP contribution in [0.2, 0.25) is 0 Å². The van der Waals surface area contributed by atoms with Crippen molar-refractivity contribution in [3.05, 3.63) is 72.3 Å². The number of amides is 1. The maximum absolute atomic E-state index is 12.6. The number of methoxy groups -OCH3 is 3. The van der Waals surface area contributed by atoms with Crippen LogP contribution in [0.3, 0.4) is 0 Å². The highest BCUT2D eigenvalue weighted by molar-refractivity contribution is 6.04. The molecule has 0 saturated heterocycles. The fourth-order valence-corrected chi connectivity index (χ4v) is 4.22. The van der Waals surface area contributed by atoms with Gasteiger partial charge in [0.15, 0.2) is 18.1 Å². The molecule has 0 spiro atoms. The Morgan fingerprint density at radius 3 is 2.36 bits per heavy atom. The maximum atomic E-state index is 12.6. The SMILES string of the molecule is COc1cc(-c2[nH]nc(OCC(=O)N=Cc3c(O)oc4ccccc34)c2-c2ccccc2)cc(OC)c1OC. The van der Waals surface area contributed by atoms with Gasteiger partial charge in [0.2, 0.25) is 11.6 Å². The molecule has 198 valence electrons. The molecule has 0 bridgehead atoms. The van der Waals surface area contributed by atoms with Crippen LogP contribution >= 0.6 is 0 Å². The number of benzene rings is 3. The number of aliphatic imine (C=N–C) groups is 1. The van der Waals surface area contributed by atoms with E-state index in [1.807, 2.05) is 30.3 Å². The van der Waals surface area contributed by atoms with Gasteiger partial charge in [-0.2, -0.15) is 0 Å². The highest BCUT2D eigenvalue weighted by atomic mass is 16.5. The Morgan fingerprint density at radius 2 is 1.67 bits per heavy atom. The van der Waals surface area contributed by atoms with Crippen LogP contribution in [0.5, 0.6) is 29.1 Å². The van der Waals surface area contributed by atoms with Crippen LogP contribution in [0.1, 0.15) is 5.56 Å². The summed E-state index contributed by atoms with van der Waals surface area (Å²) < 4.78 is 27.6. The van der Waals surface area contributed by atoms with Crippen molar-refractivity contribution in [1.82, 2.24) is 10.2 Å². The van der Waals surface area contributed by atoms with E-state index in [2.05, 4.69) is 15.2 Å². The minimum atomic E-state index is -0.573. The van der Waals surface area contributed by atoms with Gasteiger partial charge in [-0.05, 0) is 23.8 Å². The zero-order chi connectivity index (χ0) is 27.4. The van der Waals surface area contributed by atoms with Gasteiger partial charge < -0.3 is 28.5 Å². The molecule has 0 unspecified atom stereocenters. The van der Waals surface area contributed by atoms with E-state index in [1.54, 1.807) is 50.6 Å². The van der Waals surface area contributed by atoms with Crippen molar-refractivity contribution in [2.75, 3.05) is 27.9 Å². The summed E-state index contributed by atoms with van der Waals surface area (Å²) in [7, 11) is 4.62. The molecule has 10 heteroatoms. The van der Waals surface area contributed by atoms with E-state index in [4.69, 9.17) is 23.4 Å². The van der Waals surface area contributed by atoms with Crippen molar-refractivity contribution in [3.8, 4) is 51.5 Å². The van der Waals surface area contributed by atoms with E-state index >= 15 is 0 Å². The number of nitrogens with zero attached hydrogens (tertiary/aromatic N) is 2. The number of aromatic hydroxyl groups is 1. The molecule has 39 heavy (non-hydrogen) atoms. The molecule has 0 saturated carbocycles. The normalized spacial score (nSPS) is 11.2. The van der Waals surface area contributed by atoms with E-state index in [-0.39, 0.29) is 18.4 Å². The monoisotopic (exact) mass is 527 g/mol. The number of hydrogen-bond donors (Lipinski definition) is 2. The van der Waals surface area contributed by atoms with E-state index < -0.39 is 5.91 Å². The maximum Gasteiger partial charge on any atom is 0.292 e. The lowest BCUT2D eigenvalue weighted by molar-refractivity contribution is -0.119. The Labute approximate surface area is 223 Å². The summed E-state index contributed by atoms with van der Waals surface area (Å²) in [6.45, 7) is -0.383. The Hall–Kier alpha value is -5.25. The summed E-state index contributed by atoms with van der Waals surface area (Å²) in [6, 6.07) is 20.1. The van der Waals surface area contributed by atoms with Gasteiger partial charge in [0.05, 0.1) is 38.2 Å². The predicted molar refractivity (Wildman–Crippen MR) is 145 cm³/mol. The number of aromatic nitrogens is 2. The third-order valence-electron chi connectivity index (χ3n) is 6.03. The van der Waals surface area contributed by atoms with Crippen LogP contribution in [0, 0.1) is 0 Å². The smallest absolute Gasteiger partial charge is 0.292 e. The number of para-hydroxylation sites is 1. The van der Waals surface area contributed by atoms with Crippen LogP contribution in [-0.2, 0) is 4.79 Å². The molecule has 1 amide bonds. The van der Waals surface area contributed by atoms with Crippen molar-refractivity contribution < 1.29 is 33.3 Å². The lowest BCUT2D eigenvalue weighted by Crippen LogP contribution is -2.09. The largest absolute Gasteiger partial charge is 0.493 e. The summed E-state index contributed by atoms with van der Waals surface area (Å²) in [4.78, 5) is 16.5. The highest BCUT2D eigenvalue weighted by Crippen LogP contribution is 2.44. The Kier molecular flexibility index (Phi) is 7.17. The fraction of sp³-hybridized carbons (Fsp3) is 0.138. The second-order valence-electron chi connectivity index (χ2n) is 8.32. The van der Waals surface area contributed by atoms with Crippen LogP contribution in [0.25, 0.3) is 33.4 Å². The molecule has 10 nitrogen and oxygen atoms in total. The Bertz CT molecular complexity index is 1630. The van der Waals surface area contributed by atoms with E-state index in [0.29, 0.717) is 50.6 Å². The van der Waals surface area contributed by atoms with Crippen LogP contribution in [0.15, 0.2) is 76.1 Å². The summed E-state index contributed by atoms with van der Waals surface area (Å²) in [5.74, 6) is 0.731. The Morgan fingerprint density at radius 1 is 0.974 bits per heavy atom. The molecule has 0 aliphatic heterocycles. The number of H-pyrrole nitrogens is 1. The van der Waals surface area contributed by atoms with Gasteiger partial charge in [-0.3, -0.25) is 9.89 Å². The molecule has 0 aliphatic carbocycles. The number of rotatable bonds is 9. The number of aromatic amines is 1. The lowest BCUT2D eigenvalue weighted by atomic mass is 10.0. The average molecular weight is 528 g/mol. The minimum absolute atomic E-state index is 0.213. The first-order valence-electron chi connectivity index (χ1n) is 11.9. The van der Waals surface area contributed by atoms with Crippen LogP contribution in [0.4, 0.5) is 0 Å². The second-order valence-corrected chi connectivity index (χ2v) is 8.32.